The van der Waals surface area contributed by atoms with Gasteiger partial charge >= 0.3 is 17.9 Å². The monoisotopic (exact) mass is 794 g/mol. The first-order chi connectivity index (χ1) is 25.7. The number of hydrogen-bond donors (Lipinski definition) is 3. The van der Waals surface area contributed by atoms with Crippen LogP contribution in [0.4, 0.5) is 0 Å². The summed E-state index contributed by atoms with van der Waals surface area (Å²) in [6.07, 6.45) is 0.481. The molecule has 0 aromatic heterocycles. The van der Waals surface area contributed by atoms with Crippen LogP contribution in [0, 0.1) is 5.41 Å². The highest BCUT2D eigenvalue weighted by molar-refractivity contribution is 5.75. The Bertz CT molecular complexity index is 1710. The van der Waals surface area contributed by atoms with Crippen molar-refractivity contribution in [3.63, 3.8) is 0 Å². The Labute approximate surface area is 343 Å². The number of carboxylic acid groups (broad SMARTS) is 1. The topological polar surface area (TPSA) is 134 Å². The maximum atomic E-state index is 13.5. The molecule has 0 radical (unpaired) electrons. The van der Waals surface area contributed by atoms with E-state index >= 15 is 0 Å². The smallest absolute Gasteiger partial charge is 0.321 e. The largest absolute Gasteiger partial charge is 0.507 e. The number of carboxylic acids is 1. The zero-order chi connectivity index (χ0) is 43.9. The Morgan fingerprint density at radius 2 is 1.07 bits per heavy atom. The van der Waals surface area contributed by atoms with Crippen LogP contribution in [0.1, 0.15) is 177 Å². The third-order valence-electron chi connectivity index (χ3n) is 12.4. The lowest BCUT2D eigenvalue weighted by molar-refractivity contribution is -0.194. The minimum Gasteiger partial charge on any atom is -0.507 e. The normalized spacial score (nSPS) is 19.5. The van der Waals surface area contributed by atoms with Gasteiger partial charge in [-0.25, -0.2) is 0 Å². The molecule has 2 aromatic carbocycles. The van der Waals surface area contributed by atoms with Crippen molar-refractivity contribution >= 4 is 17.9 Å². The number of benzene rings is 2. The lowest BCUT2D eigenvalue weighted by atomic mass is 9.64. The molecule has 0 bridgehead atoms. The van der Waals surface area contributed by atoms with E-state index in [-0.39, 0.29) is 59.2 Å². The second-order valence-corrected chi connectivity index (χ2v) is 21.6. The Balaban J connectivity index is 1.77. The molecule has 1 saturated heterocycles. The number of ether oxygens (including phenoxy) is 2. The zero-order valence-corrected chi connectivity index (χ0v) is 38.3. The molecule has 1 aliphatic rings. The number of nitrogens with zero attached hydrogens (tertiary/aromatic N) is 1. The second kappa shape index (κ2) is 16.9. The van der Waals surface area contributed by atoms with Crippen molar-refractivity contribution in [1.29, 1.82) is 0 Å². The Hall–Kier alpha value is -3.59. The number of phenols is 2. The van der Waals surface area contributed by atoms with Crippen LogP contribution in [-0.4, -0.2) is 68.5 Å². The fraction of sp³-hybridized carbons (Fsp3) is 0.688. The van der Waals surface area contributed by atoms with Crippen molar-refractivity contribution in [2.24, 2.45) is 5.41 Å². The molecule has 0 amide bonds. The minimum atomic E-state index is -1.02. The third-order valence-corrected chi connectivity index (χ3v) is 12.4. The maximum absolute atomic E-state index is 13.5. The molecule has 1 heterocycles. The number of carbonyl (C=O) groups excluding carboxylic acids is 2. The highest BCUT2D eigenvalue weighted by atomic mass is 16.5. The molecule has 3 rings (SSSR count). The van der Waals surface area contributed by atoms with Crippen LogP contribution >= 0.6 is 0 Å². The van der Waals surface area contributed by atoms with Gasteiger partial charge in [0.15, 0.2) is 0 Å². The standard InChI is InChI=1S/C48H75NO8/c1-18-31(56-38(50)21-19-29-23-32(43(2,3)4)40(52)33(24-29)44(5,6)7)28-49-36(42(54)55)27-37(47(14,15)48(49,16)17)57-39(51)22-20-30-25-34(45(8,9)10)41(53)35(26-30)46(11,12)13/h23-26,31,36-37,52-53H,18-22,27-28H2,1-17H3,(H,54,55). The Morgan fingerprint density at radius 3 is 1.40 bits per heavy atom. The molecular formula is C48H75NO8. The SMILES string of the molecule is CCC(CN1C(C(=O)O)CC(OC(=O)CCc2cc(C(C)(C)C)c(O)c(C(C)(C)C)c2)C(C)(C)C1(C)C)OC(=O)CCc1cc(C(C)(C)C)c(O)c(C(C)(C)C)c1. The summed E-state index contributed by atoms with van der Waals surface area (Å²) in [5.74, 6) is -1.21. The van der Waals surface area contributed by atoms with Gasteiger partial charge in [-0.2, -0.15) is 0 Å². The molecule has 3 unspecified atom stereocenters. The van der Waals surface area contributed by atoms with E-state index in [1.54, 1.807) is 0 Å². The van der Waals surface area contributed by atoms with Crippen LogP contribution < -0.4 is 0 Å². The average Bonchev–Trinajstić information content (AvgIpc) is 3.04. The van der Waals surface area contributed by atoms with Crippen molar-refractivity contribution in [3.8, 4) is 11.5 Å². The zero-order valence-electron chi connectivity index (χ0n) is 38.3. The van der Waals surface area contributed by atoms with Crippen LogP contribution in [0.25, 0.3) is 0 Å². The molecule has 3 atom stereocenters. The predicted octanol–water partition coefficient (Wildman–Crippen LogP) is 10.1. The summed E-state index contributed by atoms with van der Waals surface area (Å²) in [4.78, 5) is 41.7. The molecule has 9 nitrogen and oxygen atoms in total. The van der Waals surface area contributed by atoms with E-state index in [4.69, 9.17) is 9.47 Å². The van der Waals surface area contributed by atoms with Gasteiger partial charge in [-0.15, -0.1) is 0 Å². The molecule has 0 saturated carbocycles. The average molecular weight is 794 g/mol. The Kier molecular flexibility index (Phi) is 14.2. The summed E-state index contributed by atoms with van der Waals surface area (Å²) >= 11 is 0. The summed E-state index contributed by atoms with van der Waals surface area (Å²) < 4.78 is 12.2. The molecule has 0 spiro atoms. The van der Waals surface area contributed by atoms with Gasteiger partial charge < -0.3 is 24.8 Å². The van der Waals surface area contributed by atoms with E-state index < -0.39 is 41.1 Å². The predicted molar refractivity (Wildman–Crippen MR) is 228 cm³/mol. The van der Waals surface area contributed by atoms with Gasteiger partial charge in [0.2, 0.25) is 0 Å². The van der Waals surface area contributed by atoms with Crippen LogP contribution in [0.5, 0.6) is 11.5 Å². The number of hydrogen-bond acceptors (Lipinski definition) is 8. The van der Waals surface area contributed by atoms with Crippen molar-refractivity contribution in [3.05, 3.63) is 57.6 Å². The van der Waals surface area contributed by atoms with Gasteiger partial charge in [0.1, 0.15) is 29.7 Å². The van der Waals surface area contributed by atoms with Gasteiger partial charge in [0, 0.05) is 36.8 Å². The molecule has 320 valence electrons. The van der Waals surface area contributed by atoms with Gasteiger partial charge in [-0.3, -0.25) is 19.3 Å². The van der Waals surface area contributed by atoms with Gasteiger partial charge in [0.25, 0.3) is 0 Å². The van der Waals surface area contributed by atoms with Crippen LogP contribution in [0.15, 0.2) is 24.3 Å². The summed E-state index contributed by atoms with van der Waals surface area (Å²) in [7, 11) is 0. The molecule has 1 aliphatic heterocycles. The number of phenolic OH excluding ortho intramolecular Hbond substituents is 2. The number of carbonyl (C=O) groups is 3. The van der Waals surface area contributed by atoms with Crippen LogP contribution in [-0.2, 0) is 58.4 Å². The molecule has 57 heavy (non-hydrogen) atoms. The fourth-order valence-electron chi connectivity index (χ4n) is 7.95. The van der Waals surface area contributed by atoms with E-state index in [0.29, 0.717) is 25.0 Å². The van der Waals surface area contributed by atoms with Crippen molar-refractivity contribution < 1.29 is 39.2 Å². The number of rotatable bonds is 12. The molecule has 3 N–H and O–H groups in total. The third kappa shape index (κ3) is 11.1. The first-order valence-corrected chi connectivity index (χ1v) is 20.9. The molecule has 0 aliphatic carbocycles. The van der Waals surface area contributed by atoms with Gasteiger partial charge in [-0.05, 0) is 88.2 Å². The van der Waals surface area contributed by atoms with E-state index in [1.807, 2.05) is 63.8 Å². The summed E-state index contributed by atoms with van der Waals surface area (Å²) in [6.45, 7) is 34.8. The van der Waals surface area contributed by atoms with Crippen molar-refractivity contribution in [2.45, 2.75) is 202 Å². The fourth-order valence-corrected chi connectivity index (χ4v) is 7.95. The first-order valence-electron chi connectivity index (χ1n) is 20.9. The first kappa shape index (κ1) is 47.8. The summed E-state index contributed by atoms with van der Waals surface area (Å²) in [6, 6.07) is 6.93. The molecule has 1 fully saturated rings. The number of esters is 2. The maximum Gasteiger partial charge on any atom is 0.321 e. The lowest BCUT2D eigenvalue weighted by Gasteiger charge is -2.58. The van der Waals surface area contributed by atoms with Gasteiger partial charge in [-0.1, -0.05) is 128 Å². The molecule has 2 aromatic rings. The highest BCUT2D eigenvalue weighted by Crippen LogP contribution is 2.48. The lowest BCUT2D eigenvalue weighted by Crippen LogP contribution is -2.69. The second-order valence-electron chi connectivity index (χ2n) is 21.6. The number of piperidine rings is 1. The molecule has 9 heteroatoms. The van der Waals surface area contributed by atoms with Crippen LogP contribution in [0.2, 0.25) is 0 Å². The van der Waals surface area contributed by atoms with Crippen LogP contribution in [0.3, 0.4) is 0 Å². The van der Waals surface area contributed by atoms with Crippen molar-refractivity contribution in [2.75, 3.05) is 6.54 Å². The van der Waals surface area contributed by atoms with E-state index in [9.17, 15) is 29.7 Å². The number of likely N-dealkylation sites (tertiary alicyclic amines) is 1. The number of aryl methyl sites for hydroxylation is 2. The molecular weight excluding hydrogens is 719 g/mol. The minimum absolute atomic E-state index is 0.0938. The summed E-state index contributed by atoms with van der Waals surface area (Å²) in [5, 5.41) is 32.8. The van der Waals surface area contributed by atoms with E-state index in [0.717, 1.165) is 33.4 Å². The van der Waals surface area contributed by atoms with Gasteiger partial charge in [0.05, 0.1) is 0 Å². The van der Waals surface area contributed by atoms with E-state index in [1.165, 1.54) is 0 Å². The highest BCUT2D eigenvalue weighted by Gasteiger charge is 2.57. The van der Waals surface area contributed by atoms with E-state index in [2.05, 4.69) is 83.1 Å². The van der Waals surface area contributed by atoms with Crippen molar-refractivity contribution in [1.82, 2.24) is 4.90 Å². The number of aliphatic carboxylic acids is 1. The Morgan fingerprint density at radius 1 is 0.702 bits per heavy atom. The summed E-state index contributed by atoms with van der Waals surface area (Å²) in [5.41, 5.74) is 2.61. The number of aromatic hydroxyl groups is 2. The quantitative estimate of drug-likeness (QED) is 0.180.